The minimum absolute atomic E-state index is 0.0505. The average molecular weight is 647 g/mol. The molecule has 6 rings (SSSR count). The van der Waals surface area contributed by atoms with E-state index in [4.69, 9.17) is 31.0 Å². The summed E-state index contributed by atoms with van der Waals surface area (Å²) in [7, 11) is 5.54. The van der Waals surface area contributed by atoms with Crippen molar-refractivity contribution in [3.05, 3.63) is 70.5 Å². The standard InChI is InChI=1S/C35H43ClN6O4/c1-22(2)46-30-16-28-25(14-29(30)45-5)15-33(43)42(35(28)24-8-10-26(36)11-9-24)32-18-37-31(17-38-32)39(3)19-23-6-12-27(13-7-23)41-20-34(44)40(4)21-41/h8-11,14,16-18,22-23,27,35H,6-7,12-13,15,19-21H2,1-5H3. The number of amides is 2. The molecule has 1 saturated carbocycles. The van der Waals surface area contributed by atoms with E-state index in [9.17, 15) is 9.59 Å². The number of halogens is 1. The summed E-state index contributed by atoms with van der Waals surface area (Å²) in [4.78, 5) is 43.4. The summed E-state index contributed by atoms with van der Waals surface area (Å²) in [5, 5.41) is 0.621. The quantitative estimate of drug-likeness (QED) is 0.308. The lowest BCUT2D eigenvalue weighted by atomic mass is 9.85. The number of likely N-dealkylation sites (N-methyl/N-ethyl adjacent to an activating group) is 1. The molecule has 10 nitrogen and oxygen atoms in total. The monoisotopic (exact) mass is 646 g/mol. The maximum Gasteiger partial charge on any atom is 0.237 e. The Balaban J connectivity index is 1.21. The van der Waals surface area contributed by atoms with Crippen LogP contribution in [0, 0.1) is 5.92 Å². The minimum Gasteiger partial charge on any atom is -0.493 e. The molecule has 3 aliphatic rings. The third kappa shape index (κ3) is 6.64. The zero-order valence-corrected chi connectivity index (χ0v) is 28.0. The molecule has 46 heavy (non-hydrogen) atoms. The van der Waals surface area contributed by atoms with Gasteiger partial charge in [-0.25, -0.2) is 9.97 Å². The number of benzene rings is 2. The van der Waals surface area contributed by atoms with E-state index in [1.807, 2.05) is 69.2 Å². The van der Waals surface area contributed by atoms with E-state index in [1.165, 1.54) is 0 Å². The average Bonchev–Trinajstić information content (AvgIpc) is 3.38. The molecule has 2 amide bonds. The van der Waals surface area contributed by atoms with Gasteiger partial charge in [-0.1, -0.05) is 23.7 Å². The lowest BCUT2D eigenvalue weighted by Gasteiger charge is -2.37. The highest BCUT2D eigenvalue weighted by atomic mass is 35.5. The Bertz CT molecular complexity index is 1560. The molecule has 2 fully saturated rings. The summed E-state index contributed by atoms with van der Waals surface area (Å²) in [5.41, 5.74) is 2.74. The number of rotatable bonds is 9. The van der Waals surface area contributed by atoms with Gasteiger partial charge in [0.05, 0.1) is 51.3 Å². The Morgan fingerprint density at radius 1 is 1.00 bits per heavy atom. The normalized spacial score (nSPS) is 21.9. The van der Waals surface area contributed by atoms with Gasteiger partial charge in [0.2, 0.25) is 11.8 Å². The van der Waals surface area contributed by atoms with Crippen molar-refractivity contribution in [3.63, 3.8) is 0 Å². The fraction of sp³-hybridized carbons (Fsp3) is 0.486. The van der Waals surface area contributed by atoms with E-state index in [0.717, 1.165) is 61.4 Å². The first-order chi connectivity index (χ1) is 22.1. The Hall–Kier alpha value is -3.89. The topological polar surface area (TPSA) is 91.3 Å². The molecule has 1 saturated heterocycles. The van der Waals surface area contributed by atoms with Crippen LogP contribution < -0.4 is 19.3 Å². The van der Waals surface area contributed by atoms with Crippen molar-refractivity contribution in [3.8, 4) is 11.5 Å². The van der Waals surface area contributed by atoms with Gasteiger partial charge >= 0.3 is 0 Å². The van der Waals surface area contributed by atoms with Crippen LogP contribution in [0.2, 0.25) is 5.02 Å². The molecule has 3 heterocycles. The molecule has 0 N–H and O–H groups in total. The highest BCUT2D eigenvalue weighted by Gasteiger charge is 2.37. The number of carbonyl (C=O) groups excluding carboxylic acids is 2. The van der Waals surface area contributed by atoms with Crippen LogP contribution >= 0.6 is 11.6 Å². The number of nitrogens with zero attached hydrogens (tertiary/aromatic N) is 6. The maximum atomic E-state index is 13.8. The number of fused-ring (bicyclic) bond motifs is 1. The van der Waals surface area contributed by atoms with Crippen molar-refractivity contribution in [2.24, 2.45) is 5.92 Å². The molecule has 2 aromatic carbocycles. The largest absolute Gasteiger partial charge is 0.493 e. The van der Waals surface area contributed by atoms with Crippen LogP contribution in [0.3, 0.4) is 0 Å². The van der Waals surface area contributed by atoms with Crippen molar-refractivity contribution in [1.29, 1.82) is 0 Å². The van der Waals surface area contributed by atoms with Gasteiger partial charge in [0.15, 0.2) is 17.3 Å². The molecule has 0 bridgehead atoms. The van der Waals surface area contributed by atoms with Gasteiger partial charge in [0.1, 0.15) is 5.82 Å². The van der Waals surface area contributed by atoms with Gasteiger partial charge < -0.3 is 19.3 Å². The second-order valence-electron chi connectivity index (χ2n) is 13.0. The predicted molar refractivity (Wildman–Crippen MR) is 179 cm³/mol. The first kappa shape index (κ1) is 32.1. The molecule has 2 aliphatic heterocycles. The highest BCUT2D eigenvalue weighted by molar-refractivity contribution is 6.30. The molecule has 0 radical (unpaired) electrons. The van der Waals surface area contributed by atoms with E-state index in [-0.39, 0.29) is 24.3 Å². The zero-order chi connectivity index (χ0) is 32.5. The fourth-order valence-electron chi connectivity index (χ4n) is 7.05. The number of hydrogen-bond acceptors (Lipinski definition) is 8. The van der Waals surface area contributed by atoms with Crippen molar-refractivity contribution < 1.29 is 19.1 Å². The number of methoxy groups -OCH3 is 1. The third-order valence-electron chi connectivity index (χ3n) is 9.42. The number of anilines is 2. The highest BCUT2D eigenvalue weighted by Crippen LogP contribution is 2.43. The lowest BCUT2D eigenvalue weighted by Crippen LogP contribution is -2.41. The van der Waals surface area contributed by atoms with Crippen LogP contribution in [0.25, 0.3) is 0 Å². The Labute approximate surface area is 276 Å². The van der Waals surface area contributed by atoms with Crippen molar-refractivity contribution >= 4 is 35.1 Å². The van der Waals surface area contributed by atoms with E-state index < -0.39 is 6.04 Å². The molecule has 11 heteroatoms. The summed E-state index contributed by atoms with van der Waals surface area (Å²) in [6, 6.07) is 11.5. The summed E-state index contributed by atoms with van der Waals surface area (Å²) in [6.45, 7) is 6.10. The van der Waals surface area contributed by atoms with Gasteiger partial charge in [0.25, 0.3) is 0 Å². The van der Waals surface area contributed by atoms with Crippen LogP contribution in [0.1, 0.15) is 62.3 Å². The second-order valence-corrected chi connectivity index (χ2v) is 13.5. The van der Waals surface area contributed by atoms with Crippen molar-refractivity contribution in [2.45, 2.75) is 64.1 Å². The number of aromatic nitrogens is 2. The van der Waals surface area contributed by atoms with Crippen molar-refractivity contribution in [2.75, 3.05) is 50.8 Å². The van der Waals surface area contributed by atoms with E-state index >= 15 is 0 Å². The summed E-state index contributed by atoms with van der Waals surface area (Å²) >= 11 is 6.26. The molecule has 3 aromatic rings. The van der Waals surface area contributed by atoms with Crippen molar-refractivity contribution in [1.82, 2.24) is 19.8 Å². The number of hydrogen-bond donors (Lipinski definition) is 0. The molecule has 1 aliphatic carbocycles. The molecular formula is C35H43ClN6O4. The minimum atomic E-state index is -0.451. The number of ether oxygens (including phenoxy) is 2. The van der Waals surface area contributed by atoms with Gasteiger partial charge in [-0.05, 0) is 86.4 Å². The number of carbonyl (C=O) groups is 2. The predicted octanol–water partition coefficient (Wildman–Crippen LogP) is 5.33. The first-order valence-electron chi connectivity index (χ1n) is 16.1. The van der Waals surface area contributed by atoms with Gasteiger partial charge in [-0.3, -0.25) is 19.4 Å². The second kappa shape index (κ2) is 13.5. The van der Waals surface area contributed by atoms with E-state index in [2.05, 4.69) is 9.80 Å². The van der Waals surface area contributed by atoms with E-state index in [1.54, 1.807) is 24.4 Å². The van der Waals surface area contributed by atoms with Crippen LogP contribution in [0.5, 0.6) is 11.5 Å². The molecule has 244 valence electrons. The van der Waals surface area contributed by atoms with Crippen LogP contribution in [-0.4, -0.2) is 84.7 Å². The third-order valence-corrected chi connectivity index (χ3v) is 9.67. The maximum absolute atomic E-state index is 13.8. The molecular weight excluding hydrogens is 604 g/mol. The summed E-state index contributed by atoms with van der Waals surface area (Å²) in [6.07, 6.45) is 8.05. The summed E-state index contributed by atoms with van der Waals surface area (Å²) < 4.78 is 11.7. The smallest absolute Gasteiger partial charge is 0.237 e. The molecule has 1 unspecified atom stereocenters. The fourth-order valence-corrected chi connectivity index (χ4v) is 7.17. The molecule has 1 atom stereocenters. The first-order valence-corrected chi connectivity index (χ1v) is 16.4. The van der Waals surface area contributed by atoms with Gasteiger partial charge in [0, 0.05) is 31.7 Å². The SMILES string of the molecule is COc1cc2c(cc1OC(C)C)C(c1ccc(Cl)cc1)N(c1cnc(N(C)CC3CCC(N4CC(=O)N(C)C4)CC3)cn1)C(=O)C2. The lowest BCUT2D eigenvalue weighted by molar-refractivity contribution is -0.125. The molecule has 1 aromatic heterocycles. The van der Waals surface area contributed by atoms with E-state index in [0.29, 0.717) is 40.8 Å². The Morgan fingerprint density at radius 2 is 1.74 bits per heavy atom. The van der Waals surface area contributed by atoms with Gasteiger partial charge in [-0.15, -0.1) is 0 Å². The van der Waals surface area contributed by atoms with Crippen LogP contribution in [-0.2, 0) is 16.0 Å². The van der Waals surface area contributed by atoms with Crippen LogP contribution in [0.15, 0.2) is 48.8 Å². The zero-order valence-electron chi connectivity index (χ0n) is 27.3. The van der Waals surface area contributed by atoms with Gasteiger partial charge in [-0.2, -0.15) is 0 Å². The molecule has 0 spiro atoms. The summed E-state index contributed by atoms with van der Waals surface area (Å²) in [5.74, 6) is 3.16. The van der Waals surface area contributed by atoms with Crippen LogP contribution in [0.4, 0.5) is 11.6 Å². The Kier molecular flexibility index (Phi) is 9.38. The Morgan fingerprint density at radius 3 is 2.35 bits per heavy atom.